The van der Waals surface area contributed by atoms with E-state index in [-0.39, 0.29) is 5.91 Å². The van der Waals surface area contributed by atoms with E-state index in [1.165, 1.54) is 0 Å². The number of nitrogens with zero attached hydrogens (tertiary/aromatic N) is 4. The van der Waals surface area contributed by atoms with Gasteiger partial charge in [-0.25, -0.2) is 9.97 Å². The molecular formula is C19H24N4O2. The first-order valence-corrected chi connectivity index (χ1v) is 8.70. The molecular weight excluding hydrogens is 316 g/mol. The number of aliphatic hydroxyl groups is 1. The van der Waals surface area contributed by atoms with Crippen LogP contribution in [0.4, 0.5) is 5.95 Å². The van der Waals surface area contributed by atoms with E-state index in [9.17, 15) is 9.90 Å². The number of carbonyl (C=O) groups is 1. The van der Waals surface area contributed by atoms with E-state index in [2.05, 4.69) is 14.9 Å². The molecule has 1 atom stereocenters. The Morgan fingerprint density at radius 1 is 1.20 bits per heavy atom. The molecule has 0 spiro atoms. The standard InChI is InChI=1S/C19H24N4O2/c1-22(12-9-17(24)15-7-3-2-4-8-15)18(25)16-13-20-19(21-14-16)23-10-5-6-11-23/h2-4,7-8,13-14,17,24H,5-6,9-12H2,1H3/t17-/m1/s1. The van der Waals surface area contributed by atoms with Crippen molar-refractivity contribution in [2.24, 2.45) is 0 Å². The summed E-state index contributed by atoms with van der Waals surface area (Å²) >= 11 is 0. The number of amides is 1. The van der Waals surface area contributed by atoms with Crippen LogP contribution in [0.5, 0.6) is 0 Å². The molecule has 1 N–H and O–H groups in total. The highest BCUT2D eigenvalue weighted by atomic mass is 16.3. The molecule has 25 heavy (non-hydrogen) atoms. The molecule has 1 amide bonds. The average Bonchev–Trinajstić information content (AvgIpc) is 3.21. The van der Waals surface area contributed by atoms with Gasteiger partial charge in [0.05, 0.1) is 11.7 Å². The van der Waals surface area contributed by atoms with Crippen molar-refractivity contribution in [1.29, 1.82) is 0 Å². The van der Waals surface area contributed by atoms with Crippen LogP contribution < -0.4 is 4.90 Å². The zero-order valence-electron chi connectivity index (χ0n) is 14.5. The normalized spacial score (nSPS) is 15.2. The Bertz CT molecular complexity index is 684. The van der Waals surface area contributed by atoms with Crippen LogP contribution in [0, 0.1) is 0 Å². The molecule has 0 bridgehead atoms. The molecule has 1 aromatic carbocycles. The number of anilines is 1. The molecule has 2 aromatic rings. The van der Waals surface area contributed by atoms with Crippen molar-refractivity contribution in [2.45, 2.75) is 25.4 Å². The van der Waals surface area contributed by atoms with Gasteiger partial charge >= 0.3 is 0 Å². The Labute approximate surface area is 148 Å². The second-order valence-corrected chi connectivity index (χ2v) is 6.41. The van der Waals surface area contributed by atoms with Crippen LogP contribution in [0.3, 0.4) is 0 Å². The second-order valence-electron chi connectivity index (χ2n) is 6.41. The van der Waals surface area contributed by atoms with Gasteiger partial charge in [-0.3, -0.25) is 4.79 Å². The summed E-state index contributed by atoms with van der Waals surface area (Å²) in [5.41, 5.74) is 1.33. The molecule has 6 heteroatoms. The SMILES string of the molecule is CN(CC[C@@H](O)c1ccccc1)C(=O)c1cnc(N2CCCC2)nc1. The summed E-state index contributed by atoms with van der Waals surface area (Å²) in [5, 5.41) is 10.2. The van der Waals surface area contributed by atoms with E-state index in [0.29, 0.717) is 24.5 Å². The Hall–Kier alpha value is -2.47. The van der Waals surface area contributed by atoms with Crippen LogP contribution in [0.1, 0.15) is 41.3 Å². The minimum absolute atomic E-state index is 0.131. The summed E-state index contributed by atoms with van der Waals surface area (Å²) in [4.78, 5) is 24.9. The van der Waals surface area contributed by atoms with Crippen molar-refractivity contribution in [1.82, 2.24) is 14.9 Å². The van der Waals surface area contributed by atoms with Gasteiger partial charge in [-0.2, -0.15) is 0 Å². The lowest BCUT2D eigenvalue weighted by molar-refractivity contribution is 0.0760. The average molecular weight is 340 g/mol. The van der Waals surface area contributed by atoms with Gasteiger partial charge in [-0.05, 0) is 24.8 Å². The van der Waals surface area contributed by atoms with Gasteiger partial charge in [0.25, 0.3) is 5.91 Å². The first-order valence-electron chi connectivity index (χ1n) is 8.70. The lowest BCUT2D eigenvalue weighted by Gasteiger charge is -2.20. The topological polar surface area (TPSA) is 69.6 Å². The molecule has 6 nitrogen and oxygen atoms in total. The maximum absolute atomic E-state index is 12.5. The van der Waals surface area contributed by atoms with E-state index in [1.807, 2.05) is 30.3 Å². The van der Waals surface area contributed by atoms with Gasteiger partial charge in [0.15, 0.2) is 0 Å². The fourth-order valence-electron chi connectivity index (χ4n) is 2.99. The molecule has 132 valence electrons. The quantitative estimate of drug-likeness (QED) is 0.873. The predicted octanol–water partition coefficient (Wildman–Crippen LogP) is 2.27. The maximum Gasteiger partial charge on any atom is 0.256 e. The lowest BCUT2D eigenvalue weighted by Crippen LogP contribution is -2.29. The molecule has 0 radical (unpaired) electrons. The van der Waals surface area contributed by atoms with Gasteiger partial charge in [-0.1, -0.05) is 30.3 Å². The predicted molar refractivity (Wildman–Crippen MR) is 96.5 cm³/mol. The molecule has 1 aliphatic rings. The molecule has 0 saturated carbocycles. The van der Waals surface area contributed by atoms with Crippen LogP contribution in [-0.2, 0) is 0 Å². The number of hydrogen-bond acceptors (Lipinski definition) is 5. The molecule has 1 fully saturated rings. The van der Waals surface area contributed by atoms with Gasteiger partial charge in [0.2, 0.25) is 5.95 Å². The van der Waals surface area contributed by atoms with Crippen LogP contribution in [-0.4, -0.2) is 52.6 Å². The van der Waals surface area contributed by atoms with Crippen LogP contribution in [0.2, 0.25) is 0 Å². The highest BCUT2D eigenvalue weighted by molar-refractivity contribution is 5.93. The highest BCUT2D eigenvalue weighted by Crippen LogP contribution is 2.17. The van der Waals surface area contributed by atoms with Crippen molar-refractivity contribution in [2.75, 3.05) is 31.6 Å². The van der Waals surface area contributed by atoms with E-state index < -0.39 is 6.10 Å². The maximum atomic E-state index is 12.5. The molecule has 0 aliphatic carbocycles. The number of hydrogen-bond donors (Lipinski definition) is 1. The Kier molecular flexibility index (Phi) is 5.60. The molecule has 0 unspecified atom stereocenters. The fraction of sp³-hybridized carbons (Fsp3) is 0.421. The first-order chi connectivity index (χ1) is 12.1. The Morgan fingerprint density at radius 2 is 1.84 bits per heavy atom. The summed E-state index contributed by atoms with van der Waals surface area (Å²) in [6.45, 7) is 2.41. The van der Waals surface area contributed by atoms with Crippen LogP contribution in [0.15, 0.2) is 42.7 Å². The summed E-state index contributed by atoms with van der Waals surface area (Å²) in [6.07, 6.45) is 5.41. The van der Waals surface area contributed by atoms with Crippen molar-refractivity contribution < 1.29 is 9.90 Å². The lowest BCUT2D eigenvalue weighted by atomic mass is 10.1. The zero-order valence-corrected chi connectivity index (χ0v) is 14.5. The largest absolute Gasteiger partial charge is 0.388 e. The third-order valence-corrected chi connectivity index (χ3v) is 4.54. The molecule has 3 rings (SSSR count). The number of carbonyl (C=O) groups excluding carboxylic acids is 1. The smallest absolute Gasteiger partial charge is 0.256 e. The third-order valence-electron chi connectivity index (χ3n) is 4.54. The van der Waals surface area contributed by atoms with E-state index in [4.69, 9.17) is 0 Å². The zero-order chi connectivity index (χ0) is 17.6. The molecule has 1 aliphatic heterocycles. The van der Waals surface area contributed by atoms with Crippen LogP contribution in [0.25, 0.3) is 0 Å². The molecule has 1 saturated heterocycles. The Balaban J connectivity index is 1.54. The van der Waals surface area contributed by atoms with Crippen molar-refractivity contribution in [3.63, 3.8) is 0 Å². The summed E-state index contributed by atoms with van der Waals surface area (Å²) in [5.74, 6) is 0.560. The van der Waals surface area contributed by atoms with Crippen LogP contribution >= 0.6 is 0 Å². The molecule has 2 heterocycles. The van der Waals surface area contributed by atoms with E-state index in [1.54, 1.807) is 24.3 Å². The third kappa shape index (κ3) is 4.33. The van der Waals surface area contributed by atoms with Crippen molar-refractivity contribution >= 4 is 11.9 Å². The summed E-state index contributed by atoms with van der Waals surface area (Å²) in [6, 6.07) is 9.48. The number of benzene rings is 1. The summed E-state index contributed by atoms with van der Waals surface area (Å²) in [7, 11) is 1.73. The minimum atomic E-state index is -0.578. The molecule has 1 aromatic heterocycles. The monoisotopic (exact) mass is 340 g/mol. The van der Waals surface area contributed by atoms with Crippen molar-refractivity contribution in [3.8, 4) is 0 Å². The van der Waals surface area contributed by atoms with Gasteiger partial charge in [0.1, 0.15) is 0 Å². The van der Waals surface area contributed by atoms with Gasteiger partial charge in [0, 0.05) is 39.1 Å². The summed E-state index contributed by atoms with van der Waals surface area (Å²) < 4.78 is 0. The van der Waals surface area contributed by atoms with E-state index in [0.717, 1.165) is 31.5 Å². The first kappa shape index (κ1) is 17.4. The van der Waals surface area contributed by atoms with Gasteiger partial charge in [-0.15, -0.1) is 0 Å². The highest BCUT2D eigenvalue weighted by Gasteiger charge is 2.18. The second kappa shape index (κ2) is 8.07. The van der Waals surface area contributed by atoms with E-state index >= 15 is 0 Å². The fourth-order valence-corrected chi connectivity index (χ4v) is 2.99. The number of rotatable bonds is 6. The van der Waals surface area contributed by atoms with Crippen molar-refractivity contribution in [3.05, 3.63) is 53.9 Å². The Morgan fingerprint density at radius 3 is 2.48 bits per heavy atom. The minimum Gasteiger partial charge on any atom is -0.388 e. The number of aromatic nitrogens is 2. The number of aliphatic hydroxyl groups excluding tert-OH is 1. The van der Waals surface area contributed by atoms with Gasteiger partial charge < -0.3 is 14.9 Å².